The highest BCUT2D eigenvalue weighted by Gasteiger charge is 2.11. The Hall–Kier alpha value is -2.76. The summed E-state index contributed by atoms with van der Waals surface area (Å²) in [6.07, 6.45) is 1.62. The third kappa shape index (κ3) is 4.21. The number of hydrogen-bond acceptors (Lipinski definition) is 3. The summed E-state index contributed by atoms with van der Waals surface area (Å²) in [7, 11) is 1.64. The van der Waals surface area contributed by atoms with E-state index in [0.29, 0.717) is 10.6 Å². The molecule has 3 rings (SSSR count). The SMILES string of the molecule is COc1ccc(-n2c(C)cc(/C=N\NC(=O)c3ccc(Cl)cc3Cl)c2C)cc1. The van der Waals surface area contributed by atoms with Crippen molar-refractivity contribution < 1.29 is 9.53 Å². The molecule has 0 bridgehead atoms. The molecular formula is C21H19Cl2N3O2. The van der Waals surface area contributed by atoms with Crippen LogP contribution >= 0.6 is 23.2 Å². The number of nitrogens with zero attached hydrogens (tertiary/aromatic N) is 2. The Labute approximate surface area is 173 Å². The molecule has 7 heteroatoms. The molecule has 0 radical (unpaired) electrons. The Morgan fingerprint density at radius 3 is 2.46 bits per heavy atom. The van der Waals surface area contributed by atoms with E-state index in [2.05, 4.69) is 15.1 Å². The Morgan fingerprint density at radius 2 is 1.82 bits per heavy atom. The Balaban J connectivity index is 1.78. The number of carbonyl (C=O) groups is 1. The summed E-state index contributed by atoms with van der Waals surface area (Å²) >= 11 is 11.9. The summed E-state index contributed by atoms with van der Waals surface area (Å²) in [5.41, 5.74) is 6.78. The number of amides is 1. The second kappa shape index (κ2) is 8.50. The molecule has 0 aliphatic carbocycles. The predicted octanol–water partition coefficient (Wildman–Crippen LogP) is 5.17. The number of aryl methyl sites for hydroxylation is 1. The molecule has 28 heavy (non-hydrogen) atoms. The van der Waals surface area contributed by atoms with Crippen molar-refractivity contribution in [1.29, 1.82) is 0 Å². The summed E-state index contributed by atoms with van der Waals surface area (Å²) in [6, 6.07) is 14.5. The minimum Gasteiger partial charge on any atom is -0.497 e. The van der Waals surface area contributed by atoms with Gasteiger partial charge in [-0.1, -0.05) is 23.2 Å². The summed E-state index contributed by atoms with van der Waals surface area (Å²) in [5, 5.41) is 4.81. The van der Waals surface area contributed by atoms with E-state index in [1.807, 2.05) is 44.2 Å². The third-order valence-electron chi connectivity index (χ3n) is 4.35. The van der Waals surface area contributed by atoms with Crippen molar-refractivity contribution in [2.45, 2.75) is 13.8 Å². The van der Waals surface area contributed by atoms with E-state index in [0.717, 1.165) is 28.4 Å². The zero-order chi connectivity index (χ0) is 20.3. The molecule has 144 valence electrons. The lowest BCUT2D eigenvalue weighted by Gasteiger charge is -2.10. The lowest BCUT2D eigenvalue weighted by atomic mass is 10.2. The fraction of sp³-hybridized carbons (Fsp3) is 0.143. The highest BCUT2D eigenvalue weighted by atomic mass is 35.5. The van der Waals surface area contributed by atoms with Crippen LogP contribution < -0.4 is 10.2 Å². The molecule has 5 nitrogen and oxygen atoms in total. The molecule has 0 saturated carbocycles. The maximum absolute atomic E-state index is 12.2. The van der Waals surface area contributed by atoms with Gasteiger partial charge in [0.15, 0.2) is 0 Å². The van der Waals surface area contributed by atoms with Crippen LogP contribution in [-0.4, -0.2) is 23.8 Å². The monoisotopic (exact) mass is 415 g/mol. The number of halogens is 2. The third-order valence-corrected chi connectivity index (χ3v) is 4.89. The van der Waals surface area contributed by atoms with E-state index < -0.39 is 5.91 Å². The fourth-order valence-electron chi connectivity index (χ4n) is 2.94. The first-order chi connectivity index (χ1) is 13.4. The van der Waals surface area contributed by atoms with Gasteiger partial charge >= 0.3 is 0 Å². The van der Waals surface area contributed by atoms with Gasteiger partial charge in [-0.2, -0.15) is 5.10 Å². The molecule has 1 aromatic heterocycles. The summed E-state index contributed by atoms with van der Waals surface area (Å²) in [5.74, 6) is 0.401. The number of carbonyl (C=O) groups excluding carboxylic acids is 1. The number of hydrogen-bond donors (Lipinski definition) is 1. The van der Waals surface area contributed by atoms with Crippen LogP contribution in [0.25, 0.3) is 5.69 Å². The van der Waals surface area contributed by atoms with Gasteiger partial charge in [0.2, 0.25) is 0 Å². The Morgan fingerprint density at radius 1 is 1.11 bits per heavy atom. The summed E-state index contributed by atoms with van der Waals surface area (Å²) in [4.78, 5) is 12.2. The van der Waals surface area contributed by atoms with Crippen molar-refractivity contribution in [3.63, 3.8) is 0 Å². The number of aromatic nitrogens is 1. The Kier molecular flexibility index (Phi) is 6.07. The lowest BCUT2D eigenvalue weighted by molar-refractivity contribution is 0.0955. The fourth-order valence-corrected chi connectivity index (χ4v) is 3.44. The van der Waals surface area contributed by atoms with Crippen LogP contribution in [0.1, 0.15) is 27.3 Å². The molecule has 1 N–H and O–H groups in total. The first kappa shape index (κ1) is 20.0. The minimum atomic E-state index is -0.401. The maximum atomic E-state index is 12.2. The zero-order valence-corrected chi connectivity index (χ0v) is 17.2. The topological polar surface area (TPSA) is 55.6 Å². The number of rotatable bonds is 5. The summed E-state index contributed by atoms with van der Waals surface area (Å²) < 4.78 is 7.32. The molecular weight excluding hydrogens is 397 g/mol. The van der Waals surface area contributed by atoms with Gasteiger partial charge in [0.25, 0.3) is 5.91 Å². The van der Waals surface area contributed by atoms with E-state index >= 15 is 0 Å². The molecule has 1 heterocycles. The molecule has 0 unspecified atom stereocenters. The van der Waals surface area contributed by atoms with Crippen molar-refractivity contribution in [3.8, 4) is 11.4 Å². The van der Waals surface area contributed by atoms with Gasteiger partial charge in [-0.25, -0.2) is 5.43 Å². The molecule has 0 saturated heterocycles. The summed E-state index contributed by atoms with van der Waals surface area (Å²) in [6.45, 7) is 4.01. The number of benzene rings is 2. The van der Waals surface area contributed by atoms with Gasteiger partial charge < -0.3 is 9.30 Å². The van der Waals surface area contributed by atoms with Crippen molar-refractivity contribution >= 4 is 35.3 Å². The second-order valence-electron chi connectivity index (χ2n) is 6.18. The zero-order valence-electron chi connectivity index (χ0n) is 15.7. The van der Waals surface area contributed by atoms with Gasteiger partial charge in [0.05, 0.1) is 23.9 Å². The largest absolute Gasteiger partial charge is 0.497 e. The van der Waals surface area contributed by atoms with Crippen LogP contribution in [0.2, 0.25) is 10.0 Å². The Bertz CT molecular complexity index is 1040. The molecule has 0 aliphatic heterocycles. The first-order valence-corrected chi connectivity index (χ1v) is 9.28. The van der Waals surface area contributed by atoms with Crippen molar-refractivity contribution in [3.05, 3.63) is 81.1 Å². The van der Waals surface area contributed by atoms with Crippen LogP contribution in [0.3, 0.4) is 0 Å². The first-order valence-electron chi connectivity index (χ1n) is 8.52. The highest BCUT2D eigenvalue weighted by Crippen LogP contribution is 2.22. The number of methoxy groups -OCH3 is 1. The molecule has 1 amide bonds. The highest BCUT2D eigenvalue weighted by molar-refractivity contribution is 6.36. The van der Waals surface area contributed by atoms with Gasteiger partial charge in [-0.05, 0) is 62.4 Å². The van der Waals surface area contributed by atoms with Gasteiger partial charge in [0, 0.05) is 27.7 Å². The van der Waals surface area contributed by atoms with Crippen molar-refractivity contribution in [2.24, 2.45) is 5.10 Å². The normalized spacial score (nSPS) is 11.0. The van der Waals surface area contributed by atoms with Gasteiger partial charge in [-0.15, -0.1) is 0 Å². The van der Waals surface area contributed by atoms with Crippen LogP contribution in [0, 0.1) is 13.8 Å². The molecule has 3 aromatic rings. The molecule has 0 aliphatic rings. The number of ether oxygens (including phenoxy) is 1. The predicted molar refractivity (Wildman–Crippen MR) is 113 cm³/mol. The average Bonchev–Trinajstić information content (AvgIpc) is 2.95. The van der Waals surface area contributed by atoms with Crippen molar-refractivity contribution in [1.82, 2.24) is 9.99 Å². The van der Waals surface area contributed by atoms with E-state index in [1.54, 1.807) is 25.5 Å². The van der Waals surface area contributed by atoms with Gasteiger partial charge in [0.1, 0.15) is 5.75 Å². The van der Waals surface area contributed by atoms with Crippen LogP contribution in [0.15, 0.2) is 53.6 Å². The van der Waals surface area contributed by atoms with Crippen LogP contribution in [-0.2, 0) is 0 Å². The number of hydrazone groups is 1. The van der Waals surface area contributed by atoms with Crippen LogP contribution in [0.5, 0.6) is 5.75 Å². The lowest BCUT2D eigenvalue weighted by Crippen LogP contribution is -2.18. The molecule has 0 spiro atoms. The minimum absolute atomic E-state index is 0.276. The smallest absolute Gasteiger partial charge is 0.272 e. The maximum Gasteiger partial charge on any atom is 0.272 e. The van der Waals surface area contributed by atoms with E-state index in [1.165, 1.54) is 6.07 Å². The second-order valence-corrected chi connectivity index (χ2v) is 7.03. The van der Waals surface area contributed by atoms with E-state index in [4.69, 9.17) is 27.9 Å². The van der Waals surface area contributed by atoms with Crippen LogP contribution in [0.4, 0.5) is 0 Å². The van der Waals surface area contributed by atoms with E-state index in [9.17, 15) is 4.79 Å². The number of nitrogens with one attached hydrogen (secondary N) is 1. The van der Waals surface area contributed by atoms with E-state index in [-0.39, 0.29) is 5.02 Å². The quantitative estimate of drug-likeness (QED) is 0.461. The molecule has 0 fully saturated rings. The van der Waals surface area contributed by atoms with Crippen molar-refractivity contribution in [2.75, 3.05) is 7.11 Å². The molecule has 2 aromatic carbocycles. The average molecular weight is 416 g/mol. The van der Waals surface area contributed by atoms with Gasteiger partial charge in [-0.3, -0.25) is 4.79 Å². The standard InChI is InChI=1S/C21H19Cl2N3O2/c1-13-10-15(14(2)26(13)17-5-7-18(28-3)8-6-17)12-24-25-21(27)19-9-4-16(22)11-20(19)23/h4-12H,1-3H3,(H,25,27)/b24-12-. The molecule has 0 atom stereocenters.